The van der Waals surface area contributed by atoms with E-state index in [1.165, 1.54) is 62.6 Å². The first-order valence-corrected chi connectivity index (χ1v) is 11.5. The lowest BCUT2D eigenvalue weighted by atomic mass is 9.91. The van der Waals surface area contributed by atoms with Gasteiger partial charge in [0, 0.05) is 0 Å². The Bertz CT molecular complexity index is 550. The highest BCUT2D eigenvalue weighted by Gasteiger charge is 2.12. The normalized spacial score (nSPS) is 12.6. The summed E-state index contributed by atoms with van der Waals surface area (Å²) in [6.45, 7) is 8.29. The quantitative estimate of drug-likeness (QED) is 0.366. The van der Waals surface area contributed by atoms with Crippen molar-refractivity contribution in [2.75, 3.05) is 0 Å². The molecule has 1 aromatic carbocycles. The number of hydrogen-bond acceptors (Lipinski definition) is 3. The van der Waals surface area contributed by atoms with Crippen molar-refractivity contribution in [1.82, 2.24) is 0 Å². The van der Waals surface area contributed by atoms with Crippen LogP contribution in [0.15, 0.2) is 29.2 Å². The van der Waals surface area contributed by atoms with E-state index in [2.05, 4.69) is 13.8 Å². The zero-order valence-corrected chi connectivity index (χ0v) is 17.9. The fourth-order valence-electron chi connectivity index (χ4n) is 2.87. The molecule has 0 saturated carbocycles. The van der Waals surface area contributed by atoms with Gasteiger partial charge in [-0.15, -0.1) is 0 Å². The van der Waals surface area contributed by atoms with Crippen LogP contribution in [-0.4, -0.2) is 19.0 Å². The summed E-state index contributed by atoms with van der Waals surface area (Å²) in [6, 6.07) is 6.99. The lowest BCUT2D eigenvalue weighted by Crippen LogP contribution is -2.06. The molecule has 0 heterocycles. The van der Waals surface area contributed by atoms with E-state index in [1.807, 2.05) is 26.0 Å². The minimum atomic E-state index is -4.08. The van der Waals surface area contributed by atoms with Crippen LogP contribution in [0.1, 0.15) is 97.0 Å². The van der Waals surface area contributed by atoms with Crippen molar-refractivity contribution < 1.29 is 13.0 Å². The van der Waals surface area contributed by atoms with Gasteiger partial charge in [-0.1, -0.05) is 84.8 Å². The van der Waals surface area contributed by atoms with Crippen molar-refractivity contribution in [1.29, 1.82) is 0 Å². The largest absolute Gasteiger partial charge is 0.328 e. The van der Waals surface area contributed by atoms with Gasteiger partial charge in [-0.3, -0.25) is 4.55 Å². The molecule has 5 heteroatoms. The molecule has 0 bridgehead atoms. The topological polar surface area (TPSA) is 80.4 Å². The Kier molecular flexibility index (Phi) is 13.7. The molecule has 0 amide bonds. The maximum atomic E-state index is 11.1. The fourth-order valence-corrected chi connectivity index (χ4v) is 3.35. The molecular formula is C21H39NO3S. The number of hydrogen-bond donors (Lipinski definition) is 2. The van der Waals surface area contributed by atoms with Crippen molar-refractivity contribution in [3.8, 4) is 0 Å². The summed E-state index contributed by atoms with van der Waals surface area (Å²) >= 11 is 0. The first kappa shape index (κ1) is 25.1. The highest BCUT2D eigenvalue weighted by atomic mass is 32.2. The van der Waals surface area contributed by atoms with E-state index in [-0.39, 0.29) is 4.90 Å². The first-order valence-electron chi connectivity index (χ1n) is 10.0. The van der Waals surface area contributed by atoms with Gasteiger partial charge in [-0.05, 0) is 42.5 Å². The van der Waals surface area contributed by atoms with Crippen molar-refractivity contribution in [2.24, 2.45) is 5.73 Å². The van der Waals surface area contributed by atoms with Gasteiger partial charge in [-0.25, -0.2) is 0 Å². The second-order valence-corrected chi connectivity index (χ2v) is 8.72. The molecule has 0 fully saturated rings. The third-order valence-electron chi connectivity index (χ3n) is 4.30. The lowest BCUT2D eigenvalue weighted by molar-refractivity contribution is 0.483. The highest BCUT2D eigenvalue weighted by molar-refractivity contribution is 7.85. The molecule has 1 atom stereocenters. The summed E-state index contributed by atoms with van der Waals surface area (Å²) in [7, 11) is -4.08. The van der Waals surface area contributed by atoms with Gasteiger partial charge in [0.15, 0.2) is 0 Å². The molecule has 1 unspecified atom stereocenters. The molecule has 4 nitrogen and oxygen atoms in total. The minimum Gasteiger partial charge on any atom is -0.328 e. The average Bonchev–Trinajstić information content (AvgIpc) is 2.56. The van der Waals surface area contributed by atoms with Crippen LogP contribution in [0.5, 0.6) is 0 Å². The number of rotatable bonds is 11. The van der Waals surface area contributed by atoms with Crippen LogP contribution >= 0.6 is 0 Å². The summed E-state index contributed by atoms with van der Waals surface area (Å²) in [4.78, 5) is -0.0259. The van der Waals surface area contributed by atoms with Gasteiger partial charge in [0.2, 0.25) is 0 Å². The molecule has 26 heavy (non-hydrogen) atoms. The Balaban J connectivity index is 0.00000141. The molecule has 1 aromatic rings. The molecule has 152 valence electrons. The SMILES string of the molecule is CC(C)N.CCCCCCCCCC(CC)c1ccc(S(=O)(=O)O)cc1. The van der Waals surface area contributed by atoms with Crippen LogP contribution in [0.4, 0.5) is 0 Å². The molecule has 3 N–H and O–H groups in total. The van der Waals surface area contributed by atoms with Gasteiger partial charge >= 0.3 is 0 Å². The Morgan fingerprint density at radius 3 is 1.81 bits per heavy atom. The van der Waals surface area contributed by atoms with Crippen LogP contribution in [0.2, 0.25) is 0 Å². The number of benzene rings is 1. The summed E-state index contributed by atoms with van der Waals surface area (Å²) in [5.74, 6) is 0.478. The van der Waals surface area contributed by atoms with Crippen LogP contribution < -0.4 is 5.73 Å². The van der Waals surface area contributed by atoms with Gasteiger partial charge in [0.05, 0.1) is 4.90 Å². The molecule has 0 aliphatic carbocycles. The smallest absolute Gasteiger partial charge is 0.294 e. The molecule has 0 aliphatic heterocycles. The van der Waals surface area contributed by atoms with Crippen LogP contribution in [0.3, 0.4) is 0 Å². The first-order chi connectivity index (χ1) is 12.2. The van der Waals surface area contributed by atoms with E-state index in [9.17, 15) is 8.42 Å². The van der Waals surface area contributed by atoms with Gasteiger partial charge < -0.3 is 5.73 Å². The third kappa shape index (κ3) is 12.4. The van der Waals surface area contributed by atoms with E-state index in [1.54, 1.807) is 0 Å². The molecule has 1 rings (SSSR count). The summed E-state index contributed by atoms with van der Waals surface area (Å²) in [5.41, 5.74) is 6.28. The molecule has 0 radical (unpaired) electrons. The summed E-state index contributed by atoms with van der Waals surface area (Å²) < 4.78 is 31.1. The van der Waals surface area contributed by atoms with E-state index >= 15 is 0 Å². The second-order valence-electron chi connectivity index (χ2n) is 7.30. The van der Waals surface area contributed by atoms with Crippen molar-refractivity contribution in [3.63, 3.8) is 0 Å². The van der Waals surface area contributed by atoms with E-state index < -0.39 is 10.1 Å². The predicted molar refractivity (Wildman–Crippen MR) is 111 cm³/mol. The monoisotopic (exact) mass is 385 g/mol. The molecule has 0 aliphatic rings. The van der Waals surface area contributed by atoms with Gasteiger partial charge in [-0.2, -0.15) is 8.42 Å². The van der Waals surface area contributed by atoms with Crippen molar-refractivity contribution >= 4 is 10.1 Å². The molecule has 0 saturated heterocycles. The van der Waals surface area contributed by atoms with E-state index in [0.717, 1.165) is 12.8 Å². The minimum absolute atomic E-state index is 0.0259. The zero-order chi connectivity index (χ0) is 20.0. The Hall–Kier alpha value is -0.910. The number of nitrogens with two attached hydrogens (primary N) is 1. The third-order valence-corrected chi connectivity index (χ3v) is 5.17. The Morgan fingerprint density at radius 1 is 0.923 bits per heavy atom. The molecule has 0 aromatic heterocycles. The fraction of sp³-hybridized carbons (Fsp3) is 0.714. The van der Waals surface area contributed by atoms with Crippen LogP contribution in [-0.2, 0) is 10.1 Å². The van der Waals surface area contributed by atoms with E-state index in [4.69, 9.17) is 10.3 Å². The van der Waals surface area contributed by atoms with E-state index in [0.29, 0.717) is 12.0 Å². The Labute approximate surface area is 161 Å². The van der Waals surface area contributed by atoms with Crippen LogP contribution in [0.25, 0.3) is 0 Å². The van der Waals surface area contributed by atoms with Gasteiger partial charge in [0.25, 0.3) is 10.1 Å². The lowest BCUT2D eigenvalue weighted by Gasteiger charge is -2.15. The molecular weight excluding hydrogens is 346 g/mol. The summed E-state index contributed by atoms with van der Waals surface area (Å²) in [6.07, 6.45) is 11.4. The Morgan fingerprint density at radius 2 is 1.38 bits per heavy atom. The van der Waals surface area contributed by atoms with Gasteiger partial charge in [0.1, 0.15) is 0 Å². The highest BCUT2D eigenvalue weighted by Crippen LogP contribution is 2.27. The second kappa shape index (κ2) is 14.2. The maximum Gasteiger partial charge on any atom is 0.294 e. The standard InChI is InChI=1S/C18H30O3S.C3H9N/c1-3-5-6-7-8-9-10-11-16(4-2)17-12-14-18(15-13-17)22(19,20)21;1-3(2)4/h12-16H,3-11H2,1-2H3,(H,19,20,21);3H,4H2,1-2H3. The molecule has 0 spiro atoms. The maximum absolute atomic E-state index is 11.1. The average molecular weight is 386 g/mol. The van der Waals surface area contributed by atoms with Crippen LogP contribution in [0, 0.1) is 0 Å². The summed E-state index contributed by atoms with van der Waals surface area (Å²) in [5, 5.41) is 0. The number of unbranched alkanes of at least 4 members (excludes halogenated alkanes) is 6. The van der Waals surface area contributed by atoms with Crippen molar-refractivity contribution in [3.05, 3.63) is 29.8 Å². The van der Waals surface area contributed by atoms with Crippen molar-refractivity contribution in [2.45, 2.75) is 102 Å². The zero-order valence-electron chi connectivity index (χ0n) is 17.1. The predicted octanol–water partition coefficient (Wildman–Crippen LogP) is 5.92.